The van der Waals surface area contributed by atoms with Crippen molar-refractivity contribution in [2.75, 3.05) is 18.5 Å². The van der Waals surface area contributed by atoms with Crippen molar-refractivity contribution >= 4 is 51.9 Å². The predicted octanol–water partition coefficient (Wildman–Crippen LogP) is 6.68. The second-order valence-electron chi connectivity index (χ2n) is 8.99. The van der Waals surface area contributed by atoms with Crippen molar-refractivity contribution < 1.29 is 19.1 Å². The third-order valence-electron chi connectivity index (χ3n) is 5.92. The van der Waals surface area contributed by atoms with Crippen molar-refractivity contribution in [2.45, 2.75) is 33.7 Å². The van der Waals surface area contributed by atoms with Crippen LogP contribution >= 0.6 is 24.0 Å². The maximum Gasteiger partial charge on any atom is 0.266 e. The Morgan fingerprint density at radius 3 is 2.42 bits per heavy atom. The molecule has 0 aromatic heterocycles. The summed E-state index contributed by atoms with van der Waals surface area (Å²) in [5, 5.41) is 2.87. The monoisotopic (exact) mass is 546 g/mol. The van der Waals surface area contributed by atoms with Crippen molar-refractivity contribution in [1.82, 2.24) is 4.90 Å². The highest BCUT2D eigenvalue weighted by atomic mass is 32.2. The van der Waals surface area contributed by atoms with Crippen LogP contribution in [-0.2, 0) is 9.59 Å². The van der Waals surface area contributed by atoms with Gasteiger partial charge in [0.1, 0.15) is 4.32 Å². The number of rotatable bonds is 9. The summed E-state index contributed by atoms with van der Waals surface area (Å²) in [5.41, 5.74) is 4.67. The minimum absolute atomic E-state index is 0.127. The summed E-state index contributed by atoms with van der Waals surface area (Å²) in [4.78, 5) is 27.9. The van der Waals surface area contributed by atoms with E-state index in [2.05, 4.69) is 5.32 Å². The van der Waals surface area contributed by atoms with Crippen LogP contribution in [0.3, 0.4) is 0 Å². The van der Waals surface area contributed by atoms with Crippen LogP contribution < -0.4 is 14.8 Å². The molecule has 0 bridgehead atoms. The molecule has 4 rings (SSSR count). The van der Waals surface area contributed by atoms with Crippen LogP contribution in [0.5, 0.6) is 11.5 Å². The molecule has 3 aromatic carbocycles. The van der Waals surface area contributed by atoms with Crippen molar-refractivity contribution in [2.24, 2.45) is 0 Å². The molecule has 0 unspecified atom stereocenters. The Morgan fingerprint density at radius 1 is 1.03 bits per heavy atom. The van der Waals surface area contributed by atoms with E-state index in [0.717, 1.165) is 27.9 Å². The van der Waals surface area contributed by atoms with Gasteiger partial charge >= 0.3 is 0 Å². The maximum absolute atomic E-state index is 13.2. The number of hydrogen-bond donors (Lipinski definition) is 1. The van der Waals surface area contributed by atoms with Gasteiger partial charge in [0, 0.05) is 5.69 Å². The van der Waals surface area contributed by atoms with Crippen molar-refractivity contribution in [1.29, 1.82) is 0 Å². The van der Waals surface area contributed by atoms with Gasteiger partial charge in [0.15, 0.2) is 18.1 Å². The first-order chi connectivity index (χ1) is 18.2. The van der Waals surface area contributed by atoms with Gasteiger partial charge in [-0.15, -0.1) is 0 Å². The molecule has 1 aliphatic rings. The number of anilines is 1. The molecule has 1 N–H and O–H groups in total. The van der Waals surface area contributed by atoms with E-state index < -0.39 is 0 Å². The van der Waals surface area contributed by atoms with E-state index in [-0.39, 0.29) is 24.5 Å². The molecule has 0 aliphatic carbocycles. The van der Waals surface area contributed by atoms with E-state index >= 15 is 0 Å². The average Bonchev–Trinajstić information content (AvgIpc) is 3.15. The summed E-state index contributed by atoms with van der Waals surface area (Å²) < 4.78 is 12.1. The van der Waals surface area contributed by atoms with E-state index in [4.69, 9.17) is 21.7 Å². The number of thioether (sulfide) groups is 1. The van der Waals surface area contributed by atoms with Gasteiger partial charge in [-0.2, -0.15) is 0 Å². The molecule has 0 spiro atoms. The first kappa shape index (κ1) is 27.4. The van der Waals surface area contributed by atoms with Gasteiger partial charge in [0.05, 0.1) is 17.6 Å². The standard InChI is InChI=1S/C30H30N2O4S2/c1-5-35-26-16-22(11-12-25(26)36-18-28(33)31-24-14-19(2)13-20(3)15-24)17-27-29(34)32(30(37)38-27)21(4)23-9-7-6-8-10-23/h6-17,21H,5,18H2,1-4H3,(H,31,33)/b27-17-/t21-/m1/s1. The Kier molecular flexibility index (Phi) is 8.86. The highest BCUT2D eigenvalue weighted by Gasteiger charge is 2.35. The molecule has 1 atom stereocenters. The molecule has 2 amide bonds. The van der Waals surface area contributed by atoms with E-state index in [0.29, 0.717) is 27.3 Å². The Labute approximate surface area is 233 Å². The largest absolute Gasteiger partial charge is 0.490 e. The Bertz CT molecular complexity index is 1370. The number of benzene rings is 3. The van der Waals surface area contributed by atoms with Crippen LogP contribution in [0.1, 0.15) is 42.1 Å². The second-order valence-corrected chi connectivity index (χ2v) is 10.7. The maximum atomic E-state index is 13.2. The molecule has 0 radical (unpaired) electrons. The normalized spacial score (nSPS) is 15.1. The molecule has 1 fully saturated rings. The third kappa shape index (κ3) is 6.62. The number of nitrogens with one attached hydrogen (secondary N) is 1. The van der Waals surface area contributed by atoms with Gasteiger partial charge in [0.2, 0.25) is 0 Å². The average molecular weight is 547 g/mol. The second kappa shape index (κ2) is 12.3. The summed E-state index contributed by atoms with van der Waals surface area (Å²) >= 11 is 6.82. The number of carbonyl (C=O) groups excluding carboxylic acids is 2. The van der Waals surface area contributed by atoms with Crippen LogP contribution in [-0.4, -0.2) is 34.2 Å². The van der Waals surface area contributed by atoms with Crippen molar-refractivity contribution in [3.8, 4) is 11.5 Å². The topological polar surface area (TPSA) is 67.9 Å². The summed E-state index contributed by atoms with van der Waals surface area (Å²) in [5.74, 6) is 0.550. The number of carbonyl (C=O) groups is 2. The number of ether oxygens (including phenoxy) is 2. The Hall–Kier alpha value is -3.62. The van der Waals surface area contributed by atoms with Crippen LogP contribution in [0.15, 0.2) is 71.6 Å². The zero-order valence-electron chi connectivity index (χ0n) is 21.8. The number of aryl methyl sites for hydroxylation is 2. The van der Waals surface area contributed by atoms with Crippen molar-refractivity contribution in [3.63, 3.8) is 0 Å². The lowest BCUT2D eigenvalue weighted by Crippen LogP contribution is -2.30. The lowest BCUT2D eigenvalue weighted by atomic mass is 10.1. The van der Waals surface area contributed by atoms with Crippen LogP contribution in [0.2, 0.25) is 0 Å². The molecule has 196 valence electrons. The zero-order valence-corrected chi connectivity index (χ0v) is 23.4. The Balaban J connectivity index is 1.46. The van der Waals surface area contributed by atoms with Crippen LogP contribution in [0, 0.1) is 13.8 Å². The summed E-state index contributed by atoms with van der Waals surface area (Å²) in [6.07, 6.45) is 1.80. The molecule has 1 saturated heterocycles. The fourth-order valence-electron chi connectivity index (χ4n) is 4.23. The van der Waals surface area contributed by atoms with Gasteiger partial charge < -0.3 is 14.8 Å². The Morgan fingerprint density at radius 2 is 1.74 bits per heavy atom. The predicted molar refractivity (Wildman–Crippen MR) is 158 cm³/mol. The minimum atomic E-state index is -0.266. The van der Waals surface area contributed by atoms with Crippen LogP contribution in [0.25, 0.3) is 6.08 Å². The molecule has 3 aromatic rings. The van der Waals surface area contributed by atoms with E-state index in [1.54, 1.807) is 23.1 Å². The quantitative estimate of drug-likeness (QED) is 0.238. The lowest BCUT2D eigenvalue weighted by molar-refractivity contribution is -0.123. The van der Waals surface area contributed by atoms with Crippen molar-refractivity contribution in [3.05, 3.63) is 93.9 Å². The molecule has 1 aliphatic heterocycles. The third-order valence-corrected chi connectivity index (χ3v) is 7.25. The molecular weight excluding hydrogens is 516 g/mol. The van der Waals surface area contributed by atoms with Crippen LogP contribution in [0.4, 0.5) is 5.69 Å². The van der Waals surface area contributed by atoms with Gasteiger partial charge in [0.25, 0.3) is 11.8 Å². The van der Waals surface area contributed by atoms with E-state index in [1.165, 1.54) is 11.8 Å². The van der Waals surface area contributed by atoms with E-state index in [9.17, 15) is 9.59 Å². The SMILES string of the molecule is CCOc1cc(/C=C2\SC(=S)N([C@H](C)c3ccccc3)C2=O)ccc1OCC(=O)Nc1cc(C)cc(C)c1. The molecule has 38 heavy (non-hydrogen) atoms. The molecular formula is C30H30N2O4S2. The first-order valence-electron chi connectivity index (χ1n) is 12.3. The number of nitrogens with zero attached hydrogens (tertiary/aromatic N) is 1. The van der Waals surface area contributed by atoms with Gasteiger partial charge in [-0.25, -0.2) is 0 Å². The number of amides is 2. The summed E-state index contributed by atoms with van der Waals surface area (Å²) in [6.45, 7) is 8.07. The molecule has 8 heteroatoms. The summed E-state index contributed by atoms with van der Waals surface area (Å²) in [6, 6.07) is 20.9. The molecule has 0 saturated carbocycles. The van der Waals surface area contributed by atoms with Gasteiger partial charge in [-0.3, -0.25) is 14.5 Å². The summed E-state index contributed by atoms with van der Waals surface area (Å²) in [7, 11) is 0. The zero-order chi connectivity index (χ0) is 27.2. The number of thiocarbonyl (C=S) groups is 1. The highest BCUT2D eigenvalue weighted by Crippen LogP contribution is 2.39. The first-order valence-corrected chi connectivity index (χ1v) is 13.6. The van der Waals surface area contributed by atoms with E-state index in [1.807, 2.05) is 82.3 Å². The fraction of sp³-hybridized carbons (Fsp3) is 0.233. The molecule has 1 heterocycles. The number of hydrogen-bond acceptors (Lipinski definition) is 6. The fourth-order valence-corrected chi connectivity index (χ4v) is 5.65. The van der Waals surface area contributed by atoms with Gasteiger partial charge in [-0.1, -0.05) is 66.4 Å². The smallest absolute Gasteiger partial charge is 0.266 e. The van der Waals surface area contributed by atoms with Gasteiger partial charge in [-0.05, 0) is 80.3 Å². The lowest BCUT2D eigenvalue weighted by Gasteiger charge is -2.23. The molecule has 6 nitrogen and oxygen atoms in total. The minimum Gasteiger partial charge on any atom is -0.490 e. The highest BCUT2D eigenvalue weighted by molar-refractivity contribution is 8.26.